The molecule has 1 N–H and O–H groups in total. The Bertz CT molecular complexity index is 1410. The van der Waals surface area contributed by atoms with Crippen molar-refractivity contribution >= 4 is 40.1 Å². The third kappa shape index (κ3) is 4.71. The second-order valence-electron chi connectivity index (χ2n) is 6.04. The molecule has 9 nitrogen and oxygen atoms in total. The Morgan fingerprint density at radius 3 is 2.28 bits per heavy atom. The second-order valence-corrected chi connectivity index (χ2v) is 6.82. The van der Waals surface area contributed by atoms with Crippen molar-refractivity contribution in [1.29, 1.82) is 0 Å². The lowest BCUT2D eigenvalue weighted by Gasteiger charge is -2.00. The van der Waals surface area contributed by atoms with E-state index in [0.29, 0.717) is 22.0 Å². The molecule has 5 aromatic heterocycles. The van der Waals surface area contributed by atoms with Gasteiger partial charge >= 0.3 is 0 Å². The van der Waals surface area contributed by atoms with E-state index in [1.165, 1.54) is 18.3 Å². The number of aromatic amines is 1. The van der Waals surface area contributed by atoms with Crippen molar-refractivity contribution in [1.82, 2.24) is 40.1 Å². The van der Waals surface area contributed by atoms with Crippen molar-refractivity contribution in [2.45, 2.75) is 0 Å². The smallest absolute Gasteiger partial charge is 0.242 e. The van der Waals surface area contributed by atoms with Crippen LogP contribution in [0.1, 0.15) is 16.2 Å². The fourth-order valence-electron chi connectivity index (χ4n) is 2.61. The van der Waals surface area contributed by atoms with E-state index in [1.807, 2.05) is 12.1 Å². The van der Waals surface area contributed by atoms with Crippen LogP contribution in [-0.2, 0) is 0 Å². The number of nitrogens with one attached hydrogen (secondary N) is 1. The summed E-state index contributed by atoms with van der Waals surface area (Å²) in [5.74, 6) is -1.57. The molecule has 0 radical (unpaired) electrons. The van der Waals surface area contributed by atoms with Gasteiger partial charge in [-0.1, -0.05) is 35.3 Å². The van der Waals surface area contributed by atoms with E-state index in [0.717, 1.165) is 11.9 Å². The van der Waals surface area contributed by atoms with Crippen molar-refractivity contribution in [2.24, 2.45) is 0 Å². The molecule has 0 aromatic carbocycles. The van der Waals surface area contributed by atoms with Gasteiger partial charge in [0.25, 0.3) is 0 Å². The van der Waals surface area contributed by atoms with Crippen LogP contribution in [0.5, 0.6) is 0 Å². The van der Waals surface area contributed by atoms with Crippen LogP contribution in [0.15, 0.2) is 61.2 Å². The van der Waals surface area contributed by atoms with Crippen LogP contribution in [-0.4, -0.2) is 45.9 Å². The summed E-state index contributed by atoms with van der Waals surface area (Å²) in [6.07, 6.45) is 5.61. The molecular formula is C20H11Cl2FN8O. The van der Waals surface area contributed by atoms with Crippen molar-refractivity contribution in [3.05, 3.63) is 88.8 Å². The van der Waals surface area contributed by atoms with E-state index in [4.69, 9.17) is 23.2 Å². The number of ketones is 1. The van der Waals surface area contributed by atoms with Gasteiger partial charge in [-0.25, -0.2) is 29.9 Å². The zero-order chi connectivity index (χ0) is 22.5. The Morgan fingerprint density at radius 1 is 0.844 bits per heavy atom. The van der Waals surface area contributed by atoms with E-state index in [9.17, 15) is 9.18 Å². The number of pyridine rings is 2. The number of carbonyl (C=O) groups excluding carboxylic acids is 1. The van der Waals surface area contributed by atoms with Gasteiger partial charge in [-0.15, -0.1) is 0 Å². The van der Waals surface area contributed by atoms with Gasteiger partial charge in [0.2, 0.25) is 11.7 Å². The molecule has 0 bridgehead atoms. The highest BCUT2D eigenvalue weighted by molar-refractivity contribution is 6.29. The van der Waals surface area contributed by atoms with Gasteiger partial charge in [0.05, 0.1) is 5.69 Å². The third-order valence-corrected chi connectivity index (χ3v) is 4.40. The fourth-order valence-corrected chi connectivity index (χ4v) is 2.93. The average Bonchev–Trinajstić information content (AvgIpc) is 3.24. The van der Waals surface area contributed by atoms with Crippen molar-refractivity contribution in [3.63, 3.8) is 0 Å². The van der Waals surface area contributed by atoms with Crippen LogP contribution >= 0.6 is 23.2 Å². The summed E-state index contributed by atoms with van der Waals surface area (Å²) in [6, 6.07) is 9.89. The molecule has 0 unspecified atom stereocenters. The molecule has 158 valence electrons. The molecule has 12 heteroatoms. The number of aromatic nitrogens is 8. The SMILES string of the molecule is Clc1cccc(-c2[nH]nc3nccnc23)n1.O=C(c1cccc(Cl)n1)c1nccnc1F. The third-order valence-electron chi connectivity index (χ3n) is 3.98. The van der Waals surface area contributed by atoms with Gasteiger partial charge in [-0.05, 0) is 24.3 Å². The molecule has 0 saturated carbocycles. The Kier molecular flexibility index (Phi) is 6.34. The van der Waals surface area contributed by atoms with Crippen molar-refractivity contribution < 1.29 is 9.18 Å². The predicted molar refractivity (Wildman–Crippen MR) is 115 cm³/mol. The lowest BCUT2D eigenvalue weighted by Crippen LogP contribution is -2.10. The quantitative estimate of drug-likeness (QED) is 0.311. The molecule has 5 heterocycles. The van der Waals surface area contributed by atoms with E-state index in [1.54, 1.807) is 24.5 Å². The standard InChI is InChI=1S/C10H5ClFN3O.C10H6ClN5/c11-7-3-1-2-6(15-7)9(16)8-10(12)14-5-4-13-8;11-7-3-1-2-6(14-7)8-9-10(16-15-8)13-5-4-12-9/h1-5H;1-5H,(H,13,15,16). The van der Waals surface area contributed by atoms with Crippen LogP contribution in [0.2, 0.25) is 10.3 Å². The van der Waals surface area contributed by atoms with E-state index in [2.05, 4.69) is 40.1 Å². The molecule has 0 spiro atoms. The van der Waals surface area contributed by atoms with Gasteiger partial charge in [0, 0.05) is 24.8 Å². The maximum atomic E-state index is 13.2. The minimum Gasteiger partial charge on any atom is -0.285 e. The molecule has 0 amide bonds. The summed E-state index contributed by atoms with van der Waals surface area (Å²) in [5.41, 5.74) is 2.36. The maximum Gasteiger partial charge on any atom is 0.242 e. The molecule has 0 fully saturated rings. The Balaban J connectivity index is 0.000000153. The average molecular weight is 469 g/mol. The van der Waals surface area contributed by atoms with E-state index >= 15 is 0 Å². The number of halogens is 3. The van der Waals surface area contributed by atoms with Gasteiger partial charge in [0.15, 0.2) is 11.3 Å². The van der Waals surface area contributed by atoms with Crippen LogP contribution in [0.3, 0.4) is 0 Å². The van der Waals surface area contributed by atoms with Crippen LogP contribution in [0.25, 0.3) is 22.6 Å². The topological polar surface area (TPSA) is 123 Å². The minimum absolute atomic E-state index is 0.0342. The fraction of sp³-hybridized carbons (Fsp3) is 0. The number of H-pyrrole nitrogens is 1. The van der Waals surface area contributed by atoms with E-state index < -0.39 is 11.7 Å². The first-order valence-electron chi connectivity index (χ1n) is 8.94. The Morgan fingerprint density at radius 2 is 1.53 bits per heavy atom. The molecule has 5 aromatic rings. The number of hydrogen-bond donors (Lipinski definition) is 1. The van der Waals surface area contributed by atoms with Crippen LogP contribution < -0.4 is 0 Å². The molecular weight excluding hydrogens is 458 g/mol. The molecule has 0 aliphatic heterocycles. The first kappa shape index (κ1) is 21.3. The molecule has 0 aliphatic carbocycles. The zero-order valence-electron chi connectivity index (χ0n) is 15.9. The molecule has 0 saturated heterocycles. The van der Waals surface area contributed by atoms with Crippen LogP contribution in [0, 0.1) is 5.95 Å². The van der Waals surface area contributed by atoms with Crippen molar-refractivity contribution in [2.75, 3.05) is 0 Å². The summed E-state index contributed by atoms with van der Waals surface area (Å²) < 4.78 is 13.2. The zero-order valence-corrected chi connectivity index (χ0v) is 17.5. The number of fused-ring (bicyclic) bond motifs is 1. The van der Waals surface area contributed by atoms with Gasteiger partial charge in [-0.3, -0.25) is 9.89 Å². The number of carbonyl (C=O) groups is 1. The van der Waals surface area contributed by atoms with E-state index in [-0.39, 0.29) is 16.5 Å². The summed E-state index contributed by atoms with van der Waals surface area (Å²) in [7, 11) is 0. The first-order chi connectivity index (χ1) is 15.5. The summed E-state index contributed by atoms with van der Waals surface area (Å²) in [6.45, 7) is 0. The monoisotopic (exact) mass is 468 g/mol. The largest absolute Gasteiger partial charge is 0.285 e. The lowest BCUT2D eigenvalue weighted by atomic mass is 10.2. The summed E-state index contributed by atoms with van der Waals surface area (Å²) >= 11 is 11.5. The van der Waals surface area contributed by atoms with Crippen LogP contribution in [0.4, 0.5) is 4.39 Å². The maximum absolute atomic E-state index is 13.2. The highest BCUT2D eigenvalue weighted by Crippen LogP contribution is 2.22. The van der Waals surface area contributed by atoms with Gasteiger partial charge in [-0.2, -0.15) is 9.49 Å². The highest BCUT2D eigenvalue weighted by atomic mass is 35.5. The summed E-state index contributed by atoms with van der Waals surface area (Å²) in [5, 5.41) is 7.50. The summed E-state index contributed by atoms with van der Waals surface area (Å²) in [4.78, 5) is 35.0. The van der Waals surface area contributed by atoms with Crippen molar-refractivity contribution in [3.8, 4) is 11.4 Å². The first-order valence-corrected chi connectivity index (χ1v) is 9.70. The predicted octanol–water partition coefficient (Wildman–Crippen LogP) is 3.96. The lowest BCUT2D eigenvalue weighted by molar-refractivity contribution is 0.102. The Hall–Kier alpha value is -3.89. The second kappa shape index (κ2) is 9.50. The minimum atomic E-state index is -0.922. The van der Waals surface area contributed by atoms with Gasteiger partial charge < -0.3 is 0 Å². The number of hydrogen-bond acceptors (Lipinski definition) is 8. The highest BCUT2D eigenvalue weighted by Gasteiger charge is 2.17. The number of rotatable bonds is 3. The molecule has 5 rings (SSSR count). The molecule has 32 heavy (non-hydrogen) atoms. The molecule has 0 atom stereocenters. The normalized spacial score (nSPS) is 10.5. The Labute approximate surface area is 189 Å². The number of nitrogens with zero attached hydrogens (tertiary/aromatic N) is 7. The van der Waals surface area contributed by atoms with Gasteiger partial charge in [0.1, 0.15) is 27.2 Å². The molecule has 0 aliphatic rings.